The summed E-state index contributed by atoms with van der Waals surface area (Å²) in [6.07, 6.45) is 5.32. The molecular formula is C15H30N2O2. The molecule has 0 saturated heterocycles. The summed E-state index contributed by atoms with van der Waals surface area (Å²) in [5.41, 5.74) is 6.11. The maximum atomic E-state index is 12.1. The molecule has 0 bridgehead atoms. The molecule has 112 valence electrons. The molecule has 3 N–H and O–H groups in total. The standard InChI is InChI=1S/C15H30N2O2/c1-15(2,3)11-7-5-6-8-13(11)17-14(18)12(16)9-10-19-4/h11-13H,5-10,16H2,1-4H3,(H,17,18). The van der Waals surface area contributed by atoms with Crippen molar-refractivity contribution < 1.29 is 9.53 Å². The van der Waals surface area contributed by atoms with Gasteiger partial charge in [-0.05, 0) is 30.6 Å². The van der Waals surface area contributed by atoms with Crippen LogP contribution in [0.1, 0.15) is 52.9 Å². The van der Waals surface area contributed by atoms with E-state index in [1.165, 1.54) is 19.3 Å². The smallest absolute Gasteiger partial charge is 0.237 e. The van der Waals surface area contributed by atoms with Crippen molar-refractivity contribution in [3.8, 4) is 0 Å². The molecule has 1 rings (SSSR count). The Bertz CT molecular complexity index is 286. The summed E-state index contributed by atoms with van der Waals surface area (Å²) < 4.78 is 4.97. The van der Waals surface area contributed by atoms with Gasteiger partial charge >= 0.3 is 0 Å². The zero-order valence-electron chi connectivity index (χ0n) is 12.9. The lowest BCUT2D eigenvalue weighted by molar-refractivity contribution is -0.124. The number of amides is 1. The molecule has 1 saturated carbocycles. The quantitative estimate of drug-likeness (QED) is 0.804. The third kappa shape index (κ3) is 5.11. The Morgan fingerprint density at radius 3 is 2.58 bits per heavy atom. The Labute approximate surface area is 117 Å². The van der Waals surface area contributed by atoms with Gasteiger partial charge in [-0.2, -0.15) is 0 Å². The molecule has 0 radical (unpaired) electrons. The number of hydrogen-bond acceptors (Lipinski definition) is 3. The highest BCUT2D eigenvalue weighted by Gasteiger charge is 2.35. The van der Waals surface area contributed by atoms with E-state index >= 15 is 0 Å². The Hall–Kier alpha value is -0.610. The molecule has 0 aliphatic heterocycles. The van der Waals surface area contributed by atoms with Crippen LogP contribution in [0.25, 0.3) is 0 Å². The summed E-state index contributed by atoms with van der Waals surface area (Å²) in [6.45, 7) is 7.30. The highest BCUT2D eigenvalue weighted by atomic mass is 16.5. The second-order valence-electron chi connectivity index (χ2n) is 6.76. The summed E-state index contributed by atoms with van der Waals surface area (Å²) in [4.78, 5) is 12.1. The van der Waals surface area contributed by atoms with Gasteiger partial charge in [-0.25, -0.2) is 0 Å². The van der Waals surface area contributed by atoms with Gasteiger partial charge in [-0.1, -0.05) is 33.6 Å². The molecule has 3 unspecified atom stereocenters. The molecule has 0 spiro atoms. The number of nitrogens with two attached hydrogens (primary N) is 1. The highest BCUT2D eigenvalue weighted by Crippen LogP contribution is 2.37. The molecule has 4 nitrogen and oxygen atoms in total. The number of methoxy groups -OCH3 is 1. The first kappa shape index (κ1) is 16.4. The van der Waals surface area contributed by atoms with Crippen LogP contribution < -0.4 is 11.1 Å². The number of nitrogens with one attached hydrogen (secondary N) is 1. The zero-order chi connectivity index (χ0) is 14.5. The van der Waals surface area contributed by atoms with Crippen molar-refractivity contribution in [3.05, 3.63) is 0 Å². The van der Waals surface area contributed by atoms with Crippen LogP contribution in [-0.2, 0) is 9.53 Å². The number of hydrogen-bond donors (Lipinski definition) is 2. The van der Waals surface area contributed by atoms with Gasteiger partial charge in [0.05, 0.1) is 6.04 Å². The van der Waals surface area contributed by atoms with Crippen LogP contribution in [0.4, 0.5) is 0 Å². The van der Waals surface area contributed by atoms with E-state index in [9.17, 15) is 4.79 Å². The fraction of sp³-hybridized carbons (Fsp3) is 0.933. The van der Waals surface area contributed by atoms with Crippen molar-refractivity contribution in [1.82, 2.24) is 5.32 Å². The van der Waals surface area contributed by atoms with E-state index in [0.717, 1.165) is 6.42 Å². The number of rotatable bonds is 5. The van der Waals surface area contributed by atoms with E-state index in [4.69, 9.17) is 10.5 Å². The number of carbonyl (C=O) groups excluding carboxylic acids is 1. The Kier molecular flexibility index (Phi) is 6.27. The summed E-state index contributed by atoms with van der Waals surface area (Å²) in [6, 6.07) is -0.183. The minimum Gasteiger partial charge on any atom is -0.385 e. The van der Waals surface area contributed by atoms with Gasteiger partial charge in [0.2, 0.25) is 5.91 Å². The maximum absolute atomic E-state index is 12.1. The second kappa shape index (κ2) is 7.25. The van der Waals surface area contributed by atoms with Crippen molar-refractivity contribution in [2.45, 2.75) is 65.0 Å². The van der Waals surface area contributed by atoms with E-state index in [-0.39, 0.29) is 17.4 Å². The Morgan fingerprint density at radius 1 is 1.37 bits per heavy atom. The van der Waals surface area contributed by atoms with E-state index in [0.29, 0.717) is 18.9 Å². The van der Waals surface area contributed by atoms with Gasteiger partial charge < -0.3 is 15.8 Å². The normalized spacial score (nSPS) is 25.9. The average molecular weight is 270 g/mol. The van der Waals surface area contributed by atoms with Crippen LogP contribution in [0.15, 0.2) is 0 Å². The molecule has 0 heterocycles. The molecule has 1 amide bonds. The average Bonchev–Trinajstić information content (AvgIpc) is 2.35. The minimum absolute atomic E-state index is 0.0294. The van der Waals surface area contributed by atoms with E-state index in [2.05, 4.69) is 26.1 Å². The highest BCUT2D eigenvalue weighted by molar-refractivity contribution is 5.81. The Morgan fingerprint density at radius 2 is 2.00 bits per heavy atom. The van der Waals surface area contributed by atoms with Crippen LogP contribution in [0.5, 0.6) is 0 Å². The van der Waals surface area contributed by atoms with Crippen molar-refractivity contribution in [2.75, 3.05) is 13.7 Å². The molecule has 4 heteroatoms. The maximum Gasteiger partial charge on any atom is 0.237 e. The first-order valence-corrected chi connectivity index (χ1v) is 7.41. The van der Waals surface area contributed by atoms with Gasteiger partial charge in [-0.3, -0.25) is 4.79 Å². The van der Waals surface area contributed by atoms with Crippen LogP contribution >= 0.6 is 0 Å². The number of carbonyl (C=O) groups is 1. The van der Waals surface area contributed by atoms with Crippen molar-refractivity contribution in [2.24, 2.45) is 17.1 Å². The molecular weight excluding hydrogens is 240 g/mol. The lowest BCUT2D eigenvalue weighted by atomic mass is 9.69. The van der Waals surface area contributed by atoms with Gasteiger partial charge in [0, 0.05) is 19.8 Å². The molecule has 0 aromatic heterocycles. The molecule has 0 aromatic rings. The van der Waals surface area contributed by atoms with Crippen LogP contribution in [0, 0.1) is 11.3 Å². The lowest BCUT2D eigenvalue weighted by Gasteiger charge is -2.41. The van der Waals surface area contributed by atoms with Crippen LogP contribution in [-0.4, -0.2) is 31.7 Å². The molecule has 3 atom stereocenters. The third-order valence-electron chi connectivity index (χ3n) is 4.18. The predicted molar refractivity (Wildman–Crippen MR) is 77.8 cm³/mol. The fourth-order valence-corrected chi connectivity index (χ4v) is 3.01. The zero-order valence-corrected chi connectivity index (χ0v) is 12.9. The number of ether oxygens (including phenoxy) is 1. The van der Waals surface area contributed by atoms with Crippen LogP contribution in [0.2, 0.25) is 0 Å². The van der Waals surface area contributed by atoms with Gasteiger partial charge in [0.15, 0.2) is 0 Å². The van der Waals surface area contributed by atoms with Gasteiger partial charge in [0.25, 0.3) is 0 Å². The van der Waals surface area contributed by atoms with E-state index < -0.39 is 6.04 Å². The SMILES string of the molecule is COCCC(N)C(=O)NC1CCCCC1C(C)(C)C. The van der Waals surface area contributed by atoms with Crippen molar-refractivity contribution >= 4 is 5.91 Å². The van der Waals surface area contributed by atoms with Crippen molar-refractivity contribution in [1.29, 1.82) is 0 Å². The second-order valence-corrected chi connectivity index (χ2v) is 6.76. The molecule has 1 aliphatic carbocycles. The first-order valence-electron chi connectivity index (χ1n) is 7.41. The molecule has 0 aromatic carbocycles. The Balaban J connectivity index is 2.55. The van der Waals surface area contributed by atoms with E-state index in [1.54, 1.807) is 7.11 Å². The summed E-state index contributed by atoms with van der Waals surface area (Å²) in [5.74, 6) is 0.512. The summed E-state index contributed by atoms with van der Waals surface area (Å²) in [7, 11) is 1.63. The summed E-state index contributed by atoms with van der Waals surface area (Å²) in [5, 5.41) is 3.16. The minimum atomic E-state index is -0.456. The fourth-order valence-electron chi connectivity index (χ4n) is 3.01. The largest absolute Gasteiger partial charge is 0.385 e. The lowest BCUT2D eigenvalue weighted by Crippen LogP contribution is -2.51. The first-order chi connectivity index (χ1) is 8.86. The van der Waals surface area contributed by atoms with Crippen LogP contribution in [0.3, 0.4) is 0 Å². The van der Waals surface area contributed by atoms with Gasteiger partial charge in [-0.15, -0.1) is 0 Å². The van der Waals surface area contributed by atoms with E-state index in [1.807, 2.05) is 0 Å². The van der Waals surface area contributed by atoms with Crippen molar-refractivity contribution in [3.63, 3.8) is 0 Å². The summed E-state index contributed by atoms with van der Waals surface area (Å²) >= 11 is 0. The topological polar surface area (TPSA) is 64.3 Å². The molecule has 1 fully saturated rings. The monoisotopic (exact) mass is 270 g/mol. The molecule has 1 aliphatic rings. The molecule has 19 heavy (non-hydrogen) atoms. The van der Waals surface area contributed by atoms with Gasteiger partial charge in [0.1, 0.15) is 0 Å². The predicted octanol–water partition coefficient (Wildman–Crippen LogP) is 2.07. The third-order valence-corrected chi connectivity index (χ3v) is 4.18.